The second kappa shape index (κ2) is 7.44. The number of nitrogens with zero attached hydrogens (tertiary/aromatic N) is 1. The standard InChI is InChI=1S/C14H20ClFN2.ClH/c1-10-4-3-7-18(14(10)8-17)9-11-12(15)5-2-6-13(11)16;/h2,5-6,10,14H,3-4,7-9,17H2,1H3;1H. The number of rotatable bonds is 3. The van der Waals surface area contributed by atoms with Gasteiger partial charge in [0.15, 0.2) is 0 Å². The molecular weight excluding hydrogens is 286 g/mol. The molecule has 0 aliphatic carbocycles. The Morgan fingerprint density at radius 2 is 2.21 bits per heavy atom. The monoisotopic (exact) mass is 306 g/mol. The third-order valence-electron chi connectivity index (χ3n) is 3.90. The van der Waals surface area contributed by atoms with Crippen LogP contribution >= 0.6 is 24.0 Å². The fraction of sp³-hybridized carbons (Fsp3) is 0.571. The van der Waals surface area contributed by atoms with Gasteiger partial charge in [0.25, 0.3) is 0 Å². The van der Waals surface area contributed by atoms with Crippen molar-refractivity contribution in [1.29, 1.82) is 0 Å². The van der Waals surface area contributed by atoms with Crippen LogP contribution in [0.3, 0.4) is 0 Å². The quantitative estimate of drug-likeness (QED) is 0.926. The summed E-state index contributed by atoms with van der Waals surface area (Å²) < 4.78 is 13.8. The molecule has 1 aliphatic rings. The van der Waals surface area contributed by atoms with Crippen LogP contribution in [0.1, 0.15) is 25.3 Å². The first kappa shape index (κ1) is 16.7. The average molecular weight is 307 g/mol. The van der Waals surface area contributed by atoms with Crippen LogP contribution in [0.4, 0.5) is 4.39 Å². The maximum Gasteiger partial charge on any atom is 0.129 e. The SMILES string of the molecule is CC1CCCN(Cc2c(F)cccc2Cl)C1CN.Cl. The first-order valence-corrected chi connectivity index (χ1v) is 6.88. The van der Waals surface area contributed by atoms with E-state index < -0.39 is 0 Å². The smallest absolute Gasteiger partial charge is 0.129 e. The van der Waals surface area contributed by atoms with E-state index in [1.807, 2.05) is 0 Å². The lowest BCUT2D eigenvalue weighted by molar-refractivity contribution is 0.0979. The van der Waals surface area contributed by atoms with Crippen molar-refractivity contribution >= 4 is 24.0 Å². The molecule has 0 bridgehead atoms. The highest BCUT2D eigenvalue weighted by Gasteiger charge is 2.28. The molecular formula is C14H21Cl2FN2. The van der Waals surface area contributed by atoms with Gasteiger partial charge in [0.1, 0.15) is 5.82 Å². The number of benzene rings is 1. The van der Waals surface area contributed by atoms with Crippen molar-refractivity contribution in [2.24, 2.45) is 11.7 Å². The maximum absolute atomic E-state index is 13.8. The molecule has 0 radical (unpaired) electrons. The zero-order valence-electron chi connectivity index (χ0n) is 11.1. The summed E-state index contributed by atoms with van der Waals surface area (Å²) in [5, 5.41) is 0.504. The lowest BCUT2D eigenvalue weighted by Gasteiger charge is -2.39. The van der Waals surface area contributed by atoms with E-state index in [2.05, 4.69) is 11.8 Å². The molecule has 5 heteroatoms. The highest BCUT2D eigenvalue weighted by molar-refractivity contribution is 6.31. The van der Waals surface area contributed by atoms with Crippen LogP contribution in [0.5, 0.6) is 0 Å². The normalized spacial score (nSPS) is 24.0. The second-order valence-electron chi connectivity index (χ2n) is 5.09. The Morgan fingerprint density at radius 1 is 1.47 bits per heavy atom. The molecule has 1 aliphatic heterocycles. The predicted octanol–water partition coefficient (Wildman–Crippen LogP) is 3.46. The number of halogens is 3. The molecule has 2 unspecified atom stereocenters. The maximum atomic E-state index is 13.8. The summed E-state index contributed by atoms with van der Waals surface area (Å²) in [6, 6.07) is 5.17. The molecule has 108 valence electrons. The van der Waals surface area contributed by atoms with Crippen LogP contribution in [0.25, 0.3) is 0 Å². The Hall–Kier alpha value is -0.350. The molecule has 1 aromatic rings. The number of likely N-dealkylation sites (tertiary alicyclic amines) is 1. The summed E-state index contributed by atoms with van der Waals surface area (Å²) in [6.45, 7) is 4.36. The van der Waals surface area contributed by atoms with Gasteiger partial charge in [-0.15, -0.1) is 12.4 Å². The number of piperidine rings is 1. The lowest BCUT2D eigenvalue weighted by atomic mass is 9.90. The topological polar surface area (TPSA) is 29.3 Å². The third-order valence-corrected chi connectivity index (χ3v) is 4.25. The minimum Gasteiger partial charge on any atom is -0.329 e. The van der Waals surface area contributed by atoms with Crippen molar-refractivity contribution in [3.05, 3.63) is 34.6 Å². The van der Waals surface area contributed by atoms with E-state index in [1.54, 1.807) is 12.1 Å². The van der Waals surface area contributed by atoms with Crippen molar-refractivity contribution in [2.75, 3.05) is 13.1 Å². The molecule has 2 atom stereocenters. The van der Waals surface area contributed by atoms with Crippen molar-refractivity contribution in [3.8, 4) is 0 Å². The van der Waals surface area contributed by atoms with Crippen molar-refractivity contribution in [1.82, 2.24) is 4.90 Å². The van der Waals surface area contributed by atoms with Crippen molar-refractivity contribution < 1.29 is 4.39 Å². The number of nitrogens with two attached hydrogens (primary N) is 1. The first-order valence-electron chi connectivity index (χ1n) is 6.50. The van der Waals surface area contributed by atoms with E-state index in [-0.39, 0.29) is 18.2 Å². The van der Waals surface area contributed by atoms with E-state index in [1.165, 1.54) is 12.5 Å². The molecule has 0 aromatic heterocycles. The summed E-state index contributed by atoms with van der Waals surface area (Å²) in [5.41, 5.74) is 6.43. The minimum absolute atomic E-state index is 0. The molecule has 1 heterocycles. The van der Waals surface area contributed by atoms with E-state index in [4.69, 9.17) is 17.3 Å². The van der Waals surface area contributed by atoms with Crippen LogP contribution < -0.4 is 5.73 Å². The summed E-state index contributed by atoms with van der Waals surface area (Å²) in [4.78, 5) is 2.26. The van der Waals surface area contributed by atoms with Gasteiger partial charge in [-0.05, 0) is 37.4 Å². The molecule has 1 saturated heterocycles. The minimum atomic E-state index is -0.225. The van der Waals surface area contributed by atoms with Crippen LogP contribution in [0, 0.1) is 11.7 Å². The van der Waals surface area contributed by atoms with Gasteiger partial charge in [-0.1, -0.05) is 24.6 Å². The number of hydrogen-bond acceptors (Lipinski definition) is 2. The van der Waals surface area contributed by atoms with Gasteiger partial charge in [-0.2, -0.15) is 0 Å². The summed E-state index contributed by atoms with van der Waals surface area (Å²) in [5.74, 6) is 0.339. The van der Waals surface area contributed by atoms with Crippen molar-refractivity contribution in [3.63, 3.8) is 0 Å². The summed E-state index contributed by atoms with van der Waals surface area (Å²) in [7, 11) is 0. The predicted molar refractivity (Wildman–Crippen MR) is 80.3 cm³/mol. The molecule has 0 amide bonds. The van der Waals surface area contributed by atoms with Crippen molar-refractivity contribution in [2.45, 2.75) is 32.4 Å². The van der Waals surface area contributed by atoms with Crippen LogP contribution in [-0.4, -0.2) is 24.0 Å². The zero-order valence-corrected chi connectivity index (χ0v) is 12.7. The highest BCUT2D eigenvalue weighted by atomic mass is 35.5. The van der Waals surface area contributed by atoms with E-state index in [0.29, 0.717) is 35.6 Å². The fourth-order valence-electron chi connectivity index (χ4n) is 2.80. The third kappa shape index (κ3) is 3.82. The molecule has 0 spiro atoms. The van der Waals surface area contributed by atoms with E-state index in [0.717, 1.165) is 13.0 Å². The molecule has 0 saturated carbocycles. The Labute approximate surface area is 125 Å². The van der Waals surface area contributed by atoms with Gasteiger partial charge < -0.3 is 5.73 Å². The number of hydrogen-bond donors (Lipinski definition) is 1. The van der Waals surface area contributed by atoms with Gasteiger partial charge in [0, 0.05) is 29.7 Å². The molecule has 2 rings (SSSR count). The molecule has 2 nitrogen and oxygen atoms in total. The Balaban J connectivity index is 0.00000180. The molecule has 1 aromatic carbocycles. The summed E-state index contributed by atoms with van der Waals surface area (Å²) in [6.07, 6.45) is 2.34. The Morgan fingerprint density at radius 3 is 2.84 bits per heavy atom. The zero-order chi connectivity index (χ0) is 13.1. The van der Waals surface area contributed by atoms with Crippen LogP contribution in [0.15, 0.2) is 18.2 Å². The Bertz CT molecular complexity index is 394. The van der Waals surface area contributed by atoms with Crippen LogP contribution in [0.2, 0.25) is 5.02 Å². The van der Waals surface area contributed by atoms with Gasteiger partial charge >= 0.3 is 0 Å². The van der Waals surface area contributed by atoms with Gasteiger partial charge in [0.2, 0.25) is 0 Å². The van der Waals surface area contributed by atoms with E-state index >= 15 is 0 Å². The fourth-order valence-corrected chi connectivity index (χ4v) is 3.02. The molecule has 1 fully saturated rings. The molecule has 2 N–H and O–H groups in total. The van der Waals surface area contributed by atoms with Crippen LogP contribution in [-0.2, 0) is 6.54 Å². The molecule has 19 heavy (non-hydrogen) atoms. The first-order chi connectivity index (χ1) is 8.63. The van der Waals surface area contributed by atoms with Gasteiger partial charge in [-0.3, -0.25) is 4.90 Å². The highest BCUT2D eigenvalue weighted by Crippen LogP contribution is 2.27. The van der Waals surface area contributed by atoms with Gasteiger partial charge in [0.05, 0.1) is 0 Å². The average Bonchev–Trinajstić information content (AvgIpc) is 2.34. The second-order valence-corrected chi connectivity index (χ2v) is 5.50. The largest absolute Gasteiger partial charge is 0.329 e. The summed E-state index contributed by atoms with van der Waals surface area (Å²) >= 11 is 6.08. The Kier molecular flexibility index (Phi) is 6.54. The van der Waals surface area contributed by atoms with E-state index in [9.17, 15) is 4.39 Å². The van der Waals surface area contributed by atoms with Gasteiger partial charge in [-0.25, -0.2) is 4.39 Å². The lowest BCUT2D eigenvalue weighted by Crippen LogP contribution is -2.48.